The van der Waals surface area contributed by atoms with Gasteiger partial charge in [0.15, 0.2) is 0 Å². The Morgan fingerprint density at radius 1 is 1.62 bits per heavy atom. The van der Waals surface area contributed by atoms with E-state index in [0.29, 0.717) is 11.7 Å². The molecule has 1 atom stereocenters. The second-order valence-corrected chi connectivity index (χ2v) is 4.32. The number of hydrogen-bond acceptors (Lipinski definition) is 5. The van der Waals surface area contributed by atoms with Crippen LogP contribution in [0.1, 0.15) is 18.5 Å². The first kappa shape index (κ1) is 11.1. The number of anilines is 2. The zero-order chi connectivity index (χ0) is 11.4. The highest BCUT2D eigenvalue weighted by molar-refractivity contribution is 5.44. The van der Waals surface area contributed by atoms with Crippen molar-refractivity contribution in [2.45, 2.75) is 19.8 Å². The molecule has 0 radical (unpaired) electrons. The third kappa shape index (κ3) is 2.82. The Balaban J connectivity index is 1.90. The molecule has 5 nitrogen and oxygen atoms in total. The van der Waals surface area contributed by atoms with E-state index in [2.05, 4.69) is 20.6 Å². The largest absolute Gasteiger partial charge is 0.382 e. The molecule has 1 aromatic heterocycles. The van der Waals surface area contributed by atoms with Crippen LogP contribution in [0.15, 0.2) is 6.20 Å². The van der Waals surface area contributed by atoms with Gasteiger partial charge >= 0.3 is 0 Å². The lowest BCUT2D eigenvalue weighted by Crippen LogP contribution is -2.33. The van der Waals surface area contributed by atoms with Crippen LogP contribution in [0.2, 0.25) is 0 Å². The van der Waals surface area contributed by atoms with Gasteiger partial charge in [0, 0.05) is 6.54 Å². The summed E-state index contributed by atoms with van der Waals surface area (Å²) in [6.45, 7) is 5.11. The number of aromatic nitrogens is 2. The van der Waals surface area contributed by atoms with Gasteiger partial charge in [0.25, 0.3) is 0 Å². The normalized spacial score (nSPS) is 20.7. The lowest BCUT2D eigenvalue weighted by Gasteiger charge is -2.23. The first-order chi connectivity index (χ1) is 7.75. The van der Waals surface area contributed by atoms with E-state index in [0.717, 1.165) is 31.1 Å². The zero-order valence-corrected chi connectivity index (χ0v) is 9.66. The van der Waals surface area contributed by atoms with Gasteiger partial charge in [-0.25, -0.2) is 4.98 Å². The van der Waals surface area contributed by atoms with E-state index in [9.17, 15) is 0 Å². The van der Waals surface area contributed by atoms with E-state index in [-0.39, 0.29) is 0 Å². The predicted octanol–water partition coefficient (Wildman–Crippen LogP) is 0.779. The van der Waals surface area contributed by atoms with Crippen molar-refractivity contribution in [1.82, 2.24) is 15.3 Å². The molecule has 88 valence electrons. The van der Waals surface area contributed by atoms with Crippen molar-refractivity contribution in [2.75, 3.05) is 30.7 Å². The van der Waals surface area contributed by atoms with Crippen LogP contribution in [-0.4, -0.2) is 29.6 Å². The van der Waals surface area contributed by atoms with Gasteiger partial charge < -0.3 is 16.4 Å². The van der Waals surface area contributed by atoms with Gasteiger partial charge in [0.2, 0.25) is 0 Å². The summed E-state index contributed by atoms with van der Waals surface area (Å²) >= 11 is 0. The second kappa shape index (κ2) is 5.12. The molecule has 0 aliphatic carbocycles. The van der Waals surface area contributed by atoms with Crippen LogP contribution in [0.3, 0.4) is 0 Å². The number of hydrogen-bond donors (Lipinski definition) is 3. The average Bonchev–Trinajstić information content (AvgIpc) is 2.32. The van der Waals surface area contributed by atoms with Gasteiger partial charge in [0.05, 0.1) is 11.9 Å². The SMILES string of the molecule is Cc1ncc(N)nc1NCC1CCCNC1. The molecule has 0 saturated carbocycles. The third-order valence-electron chi connectivity index (χ3n) is 2.93. The van der Waals surface area contributed by atoms with Crippen LogP contribution in [0.4, 0.5) is 11.6 Å². The molecule has 0 spiro atoms. The standard InChI is InChI=1S/C11H19N5/c1-8-11(16-10(12)7-14-8)15-6-9-3-2-4-13-5-9/h7,9,13H,2-6H2,1H3,(H3,12,15,16). The smallest absolute Gasteiger partial charge is 0.149 e. The van der Waals surface area contributed by atoms with Crippen molar-refractivity contribution in [1.29, 1.82) is 0 Å². The summed E-state index contributed by atoms with van der Waals surface area (Å²) in [6, 6.07) is 0. The minimum absolute atomic E-state index is 0.467. The van der Waals surface area contributed by atoms with E-state index in [1.54, 1.807) is 6.20 Å². The first-order valence-electron chi connectivity index (χ1n) is 5.79. The van der Waals surface area contributed by atoms with Crippen molar-refractivity contribution in [3.8, 4) is 0 Å². The monoisotopic (exact) mass is 221 g/mol. The Morgan fingerprint density at radius 2 is 2.50 bits per heavy atom. The Hall–Kier alpha value is -1.36. The van der Waals surface area contributed by atoms with Crippen LogP contribution in [0.5, 0.6) is 0 Å². The molecular formula is C11H19N5. The number of nitrogens with two attached hydrogens (primary N) is 1. The van der Waals surface area contributed by atoms with Gasteiger partial charge in [-0.1, -0.05) is 0 Å². The van der Waals surface area contributed by atoms with Gasteiger partial charge in [-0.05, 0) is 38.8 Å². The van der Waals surface area contributed by atoms with E-state index in [1.807, 2.05) is 6.92 Å². The van der Waals surface area contributed by atoms with E-state index < -0.39 is 0 Å². The third-order valence-corrected chi connectivity index (χ3v) is 2.93. The number of nitrogen functional groups attached to an aromatic ring is 1. The molecule has 0 bridgehead atoms. The molecule has 1 aliphatic heterocycles. The van der Waals surface area contributed by atoms with Crippen LogP contribution < -0.4 is 16.4 Å². The molecule has 2 heterocycles. The molecule has 1 unspecified atom stereocenters. The maximum absolute atomic E-state index is 5.61. The Labute approximate surface area is 95.9 Å². The zero-order valence-electron chi connectivity index (χ0n) is 9.66. The molecule has 1 fully saturated rings. The summed E-state index contributed by atoms with van der Waals surface area (Å²) in [5.74, 6) is 1.96. The van der Waals surface area contributed by atoms with Crippen molar-refractivity contribution in [3.05, 3.63) is 11.9 Å². The summed E-state index contributed by atoms with van der Waals surface area (Å²) < 4.78 is 0. The number of aryl methyl sites for hydroxylation is 1. The molecule has 1 saturated heterocycles. The summed E-state index contributed by atoms with van der Waals surface area (Å²) in [6.07, 6.45) is 4.12. The Kier molecular flexibility index (Phi) is 3.56. The lowest BCUT2D eigenvalue weighted by atomic mass is 10.00. The molecule has 16 heavy (non-hydrogen) atoms. The topological polar surface area (TPSA) is 75.9 Å². The molecule has 0 aromatic carbocycles. The van der Waals surface area contributed by atoms with Gasteiger partial charge in [-0.3, -0.25) is 4.98 Å². The van der Waals surface area contributed by atoms with Crippen molar-refractivity contribution < 1.29 is 0 Å². The summed E-state index contributed by atoms with van der Waals surface area (Å²) in [5.41, 5.74) is 6.51. The number of nitrogens with zero attached hydrogens (tertiary/aromatic N) is 2. The number of nitrogens with one attached hydrogen (secondary N) is 2. The lowest BCUT2D eigenvalue weighted by molar-refractivity contribution is 0.392. The van der Waals surface area contributed by atoms with E-state index in [1.165, 1.54) is 12.8 Å². The minimum Gasteiger partial charge on any atom is -0.382 e. The minimum atomic E-state index is 0.467. The molecule has 1 aromatic rings. The molecule has 4 N–H and O–H groups in total. The van der Waals surface area contributed by atoms with Crippen LogP contribution >= 0.6 is 0 Å². The van der Waals surface area contributed by atoms with Crippen molar-refractivity contribution >= 4 is 11.6 Å². The fraction of sp³-hybridized carbons (Fsp3) is 0.636. The maximum atomic E-state index is 5.61. The van der Waals surface area contributed by atoms with Gasteiger partial charge in [-0.15, -0.1) is 0 Å². The van der Waals surface area contributed by atoms with Crippen LogP contribution in [-0.2, 0) is 0 Å². The number of rotatable bonds is 3. The highest BCUT2D eigenvalue weighted by atomic mass is 15.1. The average molecular weight is 221 g/mol. The van der Waals surface area contributed by atoms with Crippen LogP contribution in [0.25, 0.3) is 0 Å². The highest BCUT2D eigenvalue weighted by Gasteiger charge is 2.13. The summed E-state index contributed by atoms with van der Waals surface area (Å²) in [7, 11) is 0. The Morgan fingerprint density at radius 3 is 3.25 bits per heavy atom. The van der Waals surface area contributed by atoms with Crippen LogP contribution in [0, 0.1) is 12.8 Å². The van der Waals surface area contributed by atoms with E-state index >= 15 is 0 Å². The summed E-state index contributed by atoms with van der Waals surface area (Å²) in [4.78, 5) is 8.42. The molecule has 0 amide bonds. The summed E-state index contributed by atoms with van der Waals surface area (Å²) in [5, 5.41) is 6.73. The second-order valence-electron chi connectivity index (χ2n) is 4.32. The van der Waals surface area contributed by atoms with Crippen molar-refractivity contribution in [2.24, 2.45) is 5.92 Å². The van der Waals surface area contributed by atoms with Gasteiger partial charge in [-0.2, -0.15) is 0 Å². The quantitative estimate of drug-likeness (QED) is 0.703. The molecule has 2 rings (SSSR count). The fourth-order valence-corrected chi connectivity index (χ4v) is 1.97. The number of piperidine rings is 1. The maximum Gasteiger partial charge on any atom is 0.149 e. The highest BCUT2D eigenvalue weighted by Crippen LogP contribution is 2.14. The fourth-order valence-electron chi connectivity index (χ4n) is 1.97. The predicted molar refractivity (Wildman–Crippen MR) is 65.3 cm³/mol. The Bertz CT molecular complexity index is 346. The molecule has 5 heteroatoms. The molecular weight excluding hydrogens is 202 g/mol. The first-order valence-corrected chi connectivity index (χ1v) is 5.79. The molecule has 1 aliphatic rings. The van der Waals surface area contributed by atoms with E-state index in [4.69, 9.17) is 5.73 Å². The van der Waals surface area contributed by atoms with Gasteiger partial charge in [0.1, 0.15) is 11.6 Å². The van der Waals surface area contributed by atoms with Crippen molar-refractivity contribution in [3.63, 3.8) is 0 Å².